The Morgan fingerprint density at radius 1 is 1.11 bits per heavy atom. The Morgan fingerprint density at radius 3 is 2.61 bits per heavy atom. The lowest BCUT2D eigenvalue weighted by Crippen LogP contribution is -2.28. The molecule has 0 bridgehead atoms. The van der Waals surface area contributed by atoms with E-state index in [1.165, 1.54) is 11.1 Å². The number of benzene rings is 2. The molecule has 1 atom stereocenters. The van der Waals surface area contributed by atoms with Gasteiger partial charge >= 0.3 is 0 Å². The molecule has 1 aromatic heterocycles. The van der Waals surface area contributed by atoms with Crippen molar-refractivity contribution in [1.29, 1.82) is 0 Å². The van der Waals surface area contributed by atoms with E-state index < -0.39 is 0 Å². The number of aromatic nitrogens is 2. The van der Waals surface area contributed by atoms with Gasteiger partial charge in [-0.2, -0.15) is 4.98 Å². The average molecular weight is 374 g/mol. The molecule has 3 aromatic rings. The number of aryl methyl sites for hydroxylation is 1. The highest BCUT2D eigenvalue weighted by molar-refractivity contribution is 5.95. The fraction of sp³-hybridized carbons (Fsp3) is 0.318. The lowest BCUT2D eigenvalue weighted by Gasteiger charge is -2.20. The van der Waals surface area contributed by atoms with E-state index in [1.54, 1.807) is 0 Å². The van der Waals surface area contributed by atoms with Crippen molar-refractivity contribution in [3.63, 3.8) is 0 Å². The molecule has 2 aliphatic heterocycles. The topological polar surface area (TPSA) is 62.5 Å². The van der Waals surface area contributed by atoms with Gasteiger partial charge in [-0.25, -0.2) is 0 Å². The van der Waals surface area contributed by atoms with Gasteiger partial charge in [-0.1, -0.05) is 35.5 Å². The molecule has 28 heavy (non-hydrogen) atoms. The van der Waals surface area contributed by atoms with Crippen LogP contribution in [-0.4, -0.2) is 34.0 Å². The standard InChI is InChI=1S/C22H22N4O2/c1-15-23-21(28-24-15)19-9-10-25(14-19)22(27)16-7-4-8-20(11-16)26-12-17-5-2-3-6-18(17)13-26/h2-8,11,19H,9-10,12-14H2,1H3/t19-/m0/s1. The van der Waals surface area contributed by atoms with E-state index in [4.69, 9.17) is 4.52 Å². The first-order chi connectivity index (χ1) is 13.7. The van der Waals surface area contributed by atoms with Crippen molar-refractivity contribution >= 4 is 11.6 Å². The summed E-state index contributed by atoms with van der Waals surface area (Å²) in [4.78, 5) is 21.6. The predicted molar refractivity (Wildman–Crippen MR) is 105 cm³/mol. The zero-order valence-corrected chi connectivity index (χ0v) is 15.8. The molecular formula is C22H22N4O2. The summed E-state index contributed by atoms with van der Waals surface area (Å²) < 4.78 is 5.29. The Morgan fingerprint density at radius 2 is 1.89 bits per heavy atom. The lowest BCUT2D eigenvalue weighted by atomic mass is 10.1. The van der Waals surface area contributed by atoms with Gasteiger partial charge in [0, 0.05) is 37.4 Å². The van der Waals surface area contributed by atoms with E-state index in [9.17, 15) is 4.79 Å². The minimum absolute atomic E-state index is 0.0669. The Hall–Kier alpha value is -3.15. The largest absolute Gasteiger partial charge is 0.363 e. The number of anilines is 1. The number of likely N-dealkylation sites (tertiary alicyclic amines) is 1. The summed E-state index contributed by atoms with van der Waals surface area (Å²) in [7, 11) is 0. The minimum Gasteiger partial charge on any atom is -0.363 e. The van der Waals surface area contributed by atoms with Crippen LogP contribution in [0.4, 0.5) is 5.69 Å². The summed E-state index contributed by atoms with van der Waals surface area (Å²) in [6.07, 6.45) is 0.856. The number of hydrogen-bond donors (Lipinski definition) is 0. The van der Waals surface area contributed by atoms with Crippen molar-refractivity contribution in [3.8, 4) is 0 Å². The number of carbonyl (C=O) groups is 1. The van der Waals surface area contributed by atoms with Gasteiger partial charge in [0.15, 0.2) is 5.82 Å². The van der Waals surface area contributed by atoms with Gasteiger partial charge in [0.2, 0.25) is 5.89 Å². The number of hydrogen-bond acceptors (Lipinski definition) is 5. The molecule has 3 heterocycles. The molecule has 6 heteroatoms. The normalized spacial score (nSPS) is 18.5. The van der Waals surface area contributed by atoms with Crippen LogP contribution in [0.5, 0.6) is 0 Å². The van der Waals surface area contributed by atoms with E-state index in [2.05, 4.69) is 45.4 Å². The highest BCUT2D eigenvalue weighted by atomic mass is 16.5. The maximum Gasteiger partial charge on any atom is 0.253 e. The van der Waals surface area contributed by atoms with Crippen LogP contribution in [0.1, 0.15) is 45.5 Å². The third kappa shape index (κ3) is 3.05. The van der Waals surface area contributed by atoms with Gasteiger partial charge in [0.05, 0.1) is 5.92 Å². The highest BCUT2D eigenvalue weighted by Gasteiger charge is 2.31. The number of nitrogens with zero attached hydrogens (tertiary/aromatic N) is 4. The molecule has 1 saturated heterocycles. The molecule has 0 aliphatic carbocycles. The lowest BCUT2D eigenvalue weighted by molar-refractivity contribution is 0.0789. The number of rotatable bonds is 3. The molecule has 0 saturated carbocycles. The zero-order valence-electron chi connectivity index (χ0n) is 15.8. The molecule has 1 fully saturated rings. The van der Waals surface area contributed by atoms with Gasteiger partial charge in [0.1, 0.15) is 0 Å². The molecule has 0 radical (unpaired) electrons. The van der Waals surface area contributed by atoms with Gasteiger partial charge < -0.3 is 14.3 Å². The van der Waals surface area contributed by atoms with Gasteiger partial charge in [0.25, 0.3) is 5.91 Å². The molecule has 0 N–H and O–H groups in total. The SMILES string of the molecule is Cc1noc([C@H]2CCN(C(=O)c3cccc(N4Cc5ccccc5C4)c3)C2)n1. The van der Waals surface area contributed by atoms with E-state index >= 15 is 0 Å². The predicted octanol–water partition coefficient (Wildman–Crippen LogP) is 3.53. The van der Waals surface area contributed by atoms with Crippen molar-refractivity contribution in [2.24, 2.45) is 0 Å². The summed E-state index contributed by atoms with van der Waals surface area (Å²) in [5.41, 5.74) is 4.54. The Balaban J connectivity index is 1.31. The van der Waals surface area contributed by atoms with Crippen LogP contribution in [0.15, 0.2) is 53.1 Å². The monoisotopic (exact) mass is 374 g/mol. The maximum absolute atomic E-state index is 13.1. The molecule has 6 nitrogen and oxygen atoms in total. The molecular weight excluding hydrogens is 352 g/mol. The van der Waals surface area contributed by atoms with Gasteiger partial charge in [-0.05, 0) is 42.7 Å². The summed E-state index contributed by atoms with van der Waals surface area (Å²) in [6, 6.07) is 16.5. The van der Waals surface area contributed by atoms with Gasteiger partial charge in [-0.15, -0.1) is 0 Å². The molecule has 5 rings (SSSR count). The minimum atomic E-state index is 0.0669. The van der Waals surface area contributed by atoms with Crippen molar-refractivity contribution in [3.05, 3.63) is 76.9 Å². The molecule has 0 spiro atoms. The summed E-state index contributed by atoms with van der Waals surface area (Å²) >= 11 is 0. The second-order valence-electron chi connectivity index (χ2n) is 7.59. The first kappa shape index (κ1) is 17.0. The second kappa shape index (κ2) is 6.78. The van der Waals surface area contributed by atoms with Crippen LogP contribution in [0.2, 0.25) is 0 Å². The van der Waals surface area contributed by atoms with Crippen LogP contribution >= 0.6 is 0 Å². The third-order valence-electron chi connectivity index (χ3n) is 5.67. The number of amides is 1. The molecule has 0 unspecified atom stereocenters. The summed E-state index contributed by atoms with van der Waals surface area (Å²) in [5.74, 6) is 1.47. The summed E-state index contributed by atoms with van der Waals surface area (Å²) in [6.45, 7) is 4.92. The quantitative estimate of drug-likeness (QED) is 0.702. The van der Waals surface area contributed by atoms with Crippen LogP contribution in [0.3, 0.4) is 0 Å². The Labute approximate surface area is 163 Å². The Bertz CT molecular complexity index is 1000. The van der Waals surface area contributed by atoms with E-state index in [-0.39, 0.29) is 11.8 Å². The third-order valence-corrected chi connectivity index (χ3v) is 5.67. The molecule has 2 aliphatic rings. The van der Waals surface area contributed by atoms with Crippen LogP contribution in [-0.2, 0) is 13.1 Å². The first-order valence-electron chi connectivity index (χ1n) is 9.68. The molecule has 1 amide bonds. The van der Waals surface area contributed by atoms with Crippen LogP contribution in [0.25, 0.3) is 0 Å². The zero-order chi connectivity index (χ0) is 19.1. The van der Waals surface area contributed by atoms with Crippen molar-refractivity contribution in [2.45, 2.75) is 32.4 Å². The molecule has 2 aromatic carbocycles. The van der Waals surface area contributed by atoms with E-state index in [0.29, 0.717) is 24.8 Å². The molecule has 142 valence electrons. The highest BCUT2D eigenvalue weighted by Crippen LogP contribution is 2.30. The smallest absolute Gasteiger partial charge is 0.253 e. The van der Waals surface area contributed by atoms with E-state index in [1.807, 2.05) is 30.0 Å². The maximum atomic E-state index is 13.1. The fourth-order valence-corrected chi connectivity index (χ4v) is 4.16. The second-order valence-corrected chi connectivity index (χ2v) is 7.59. The van der Waals surface area contributed by atoms with Crippen LogP contribution in [0, 0.1) is 6.92 Å². The van der Waals surface area contributed by atoms with Crippen molar-refractivity contribution < 1.29 is 9.32 Å². The Kier molecular flexibility index (Phi) is 4.11. The van der Waals surface area contributed by atoms with E-state index in [0.717, 1.165) is 30.8 Å². The van der Waals surface area contributed by atoms with Crippen LogP contribution < -0.4 is 4.90 Å². The average Bonchev–Trinajstić information content (AvgIpc) is 3.46. The number of carbonyl (C=O) groups excluding carboxylic acids is 1. The van der Waals surface area contributed by atoms with Gasteiger partial charge in [-0.3, -0.25) is 4.79 Å². The van der Waals surface area contributed by atoms with Crippen molar-refractivity contribution in [1.82, 2.24) is 15.0 Å². The summed E-state index contributed by atoms with van der Waals surface area (Å²) in [5, 5.41) is 3.87. The first-order valence-corrected chi connectivity index (χ1v) is 9.68. The van der Waals surface area contributed by atoms with Crippen molar-refractivity contribution in [2.75, 3.05) is 18.0 Å². The fourth-order valence-electron chi connectivity index (χ4n) is 4.16. The number of fused-ring (bicyclic) bond motifs is 1.